The third kappa shape index (κ3) is 6.57. The van der Waals surface area contributed by atoms with Crippen LogP contribution in [0.25, 0.3) is 6.08 Å². The zero-order chi connectivity index (χ0) is 22.1. The average molecular weight is 424 g/mol. The molecule has 2 aromatic carbocycles. The Labute approximate surface area is 185 Å². The molecule has 166 valence electrons. The van der Waals surface area contributed by atoms with Gasteiger partial charge in [0.05, 0.1) is 20.8 Å². The molecule has 0 atom stereocenters. The lowest BCUT2D eigenvalue weighted by Gasteiger charge is -2.34. The zero-order valence-electron chi connectivity index (χ0n) is 18.8. The average Bonchev–Trinajstić information content (AvgIpc) is 2.80. The SMILES string of the molecule is COc1cccc(CN(C)C(=O)CN2CCN(C/C=C/c3ccccc3)CC2)c1OC. The molecule has 3 rings (SSSR count). The molecule has 0 radical (unpaired) electrons. The predicted octanol–water partition coefficient (Wildman–Crippen LogP) is 2.99. The van der Waals surface area contributed by atoms with Crippen molar-refractivity contribution in [2.45, 2.75) is 6.54 Å². The number of carbonyl (C=O) groups is 1. The number of methoxy groups -OCH3 is 2. The number of hydrogen-bond donors (Lipinski definition) is 0. The van der Waals surface area contributed by atoms with Gasteiger partial charge in [-0.1, -0.05) is 54.6 Å². The summed E-state index contributed by atoms with van der Waals surface area (Å²) in [4.78, 5) is 19.2. The molecule has 1 fully saturated rings. The zero-order valence-corrected chi connectivity index (χ0v) is 18.8. The molecule has 31 heavy (non-hydrogen) atoms. The fourth-order valence-electron chi connectivity index (χ4n) is 3.77. The molecule has 0 saturated carbocycles. The monoisotopic (exact) mass is 423 g/mol. The van der Waals surface area contributed by atoms with Gasteiger partial charge in [-0.15, -0.1) is 0 Å². The lowest BCUT2D eigenvalue weighted by molar-refractivity contribution is -0.132. The van der Waals surface area contributed by atoms with E-state index in [0.717, 1.165) is 38.3 Å². The number of likely N-dealkylation sites (N-methyl/N-ethyl adjacent to an activating group) is 1. The summed E-state index contributed by atoms with van der Waals surface area (Å²) in [5.74, 6) is 1.47. The Balaban J connectivity index is 1.44. The van der Waals surface area contributed by atoms with Gasteiger partial charge < -0.3 is 14.4 Å². The van der Waals surface area contributed by atoms with E-state index >= 15 is 0 Å². The normalized spacial score (nSPS) is 15.2. The van der Waals surface area contributed by atoms with Crippen molar-refractivity contribution in [3.63, 3.8) is 0 Å². The fraction of sp³-hybridized carbons (Fsp3) is 0.400. The summed E-state index contributed by atoms with van der Waals surface area (Å²) in [5.41, 5.74) is 2.16. The Morgan fingerprint density at radius 2 is 1.68 bits per heavy atom. The fourth-order valence-corrected chi connectivity index (χ4v) is 3.77. The smallest absolute Gasteiger partial charge is 0.236 e. The number of carbonyl (C=O) groups excluding carboxylic acids is 1. The minimum atomic E-state index is 0.113. The van der Waals surface area contributed by atoms with Crippen LogP contribution in [0.15, 0.2) is 54.6 Å². The topological polar surface area (TPSA) is 45.2 Å². The Bertz CT molecular complexity index is 862. The Kier molecular flexibility index (Phi) is 8.50. The molecular formula is C25H33N3O3. The van der Waals surface area contributed by atoms with E-state index in [1.54, 1.807) is 19.1 Å². The second-order valence-electron chi connectivity index (χ2n) is 7.79. The highest BCUT2D eigenvalue weighted by Gasteiger charge is 2.21. The molecule has 1 aliphatic heterocycles. The quantitative estimate of drug-likeness (QED) is 0.621. The van der Waals surface area contributed by atoms with Crippen molar-refractivity contribution in [1.82, 2.24) is 14.7 Å². The molecule has 1 saturated heterocycles. The molecule has 1 aliphatic rings. The molecule has 6 heteroatoms. The van der Waals surface area contributed by atoms with Crippen molar-refractivity contribution in [1.29, 1.82) is 0 Å². The highest BCUT2D eigenvalue weighted by atomic mass is 16.5. The maximum absolute atomic E-state index is 12.8. The van der Waals surface area contributed by atoms with Crippen molar-refractivity contribution in [3.8, 4) is 11.5 Å². The standard InChI is InChI=1S/C25H33N3O3/c1-26(19-22-12-7-13-23(30-2)25(22)31-3)24(29)20-28-17-15-27(16-18-28)14-8-11-21-9-5-4-6-10-21/h4-13H,14-20H2,1-3H3/b11-8+. The number of piperazine rings is 1. The van der Waals surface area contributed by atoms with Crippen LogP contribution < -0.4 is 9.47 Å². The molecule has 0 unspecified atom stereocenters. The molecule has 0 aliphatic carbocycles. The van der Waals surface area contributed by atoms with Gasteiger partial charge in [-0.05, 0) is 11.6 Å². The van der Waals surface area contributed by atoms with E-state index in [2.05, 4.69) is 46.2 Å². The summed E-state index contributed by atoms with van der Waals surface area (Å²) in [5, 5.41) is 0. The van der Waals surface area contributed by atoms with Gasteiger partial charge >= 0.3 is 0 Å². The minimum Gasteiger partial charge on any atom is -0.493 e. The minimum absolute atomic E-state index is 0.113. The van der Waals surface area contributed by atoms with Crippen LogP contribution in [0, 0.1) is 0 Å². The second-order valence-corrected chi connectivity index (χ2v) is 7.79. The van der Waals surface area contributed by atoms with E-state index in [4.69, 9.17) is 9.47 Å². The highest BCUT2D eigenvalue weighted by molar-refractivity contribution is 5.78. The highest BCUT2D eigenvalue weighted by Crippen LogP contribution is 2.31. The van der Waals surface area contributed by atoms with Crippen LogP contribution in [-0.2, 0) is 11.3 Å². The van der Waals surface area contributed by atoms with E-state index < -0.39 is 0 Å². The summed E-state index contributed by atoms with van der Waals surface area (Å²) in [7, 11) is 5.08. The summed E-state index contributed by atoms with van der Waals surface area (Å²) in [6.07, 6.45) is 4.38. The first-order valence-electron chi connectivity index (χ1n) is 10.7. The predicted molar refractivity (Wildman–Crippen MR) is 124 cm³/mol. The van der Waals surface area contributed by atoms with Crippen LogP contribution in [0.1, 0.15) is 11.1 Å². The number of benzene rings is 2. The molecule has 0 bridgehead atoms. The number of para-hydroxylation sites is 1. The molecule has 6 nitrogen and oxygen atoms in total. The summed E-state index contributed by atoms with van der Waals surface area (Å²) in [6, 6.07) is 16.1. The van der Waals surface area contributed by atoms with Gasteiger partial charge in [0.25, 0.3) is 0 Å². The maximum atomic E-state index is 12.8. The third-order valence-electron chi connectivity index (χ3n) is 5.62. The van der Waals surface area contributed by atoms with E-state index in [1.165, 1.54) is 5.56 Å². The van der Waals surface area contributed by atoms with Gasteiger partial charge in [0.1, 0.15) is 0 Å². The molecule has 0 aromatic heterocycles. The first-order valence-corrected chi connectivity index (χ1v) is 10.7. The molecular weight excluding hydrogens is 390 g/mol. The largest absolute Gasteiger partial charge is 0.493 e. The summed E-state index contributed by atoms with van der Waals surface area (Å²) < 4.78 is 10.8. The van der Waals surface area contributed by atoms with Crippen LogP contribution >= 0.6 is 0 Å². The van der Waals surface area contributed by atoms with Gasteiger partial charge in [-0.2, -0.15) is 0 Å². The van der Waals surface area contributed by atoms with Gasteiger partial charge in [0.15, 0.2) is 11.5 Å². The molecule has 2 aromatic rings. The van der Waals surface area contributed by atoms with Crippen LogP contribution in [0.3, 0.4) is 0 Å². The van der Waals surface area contributed by atoms with Crippen LogP contribution in [0.4, 0.5) is 0 Å². The van der Waals surface area contributed by atoms with Gasteiger partial charge in [-0.25, -0.2) is 0 Å². The van der Waals surface area contributed by atoms with Gasteiger partial charge in [-0.3, -0.25) is 14.6 Å². The first-order chi connectivity index (χ1) is 15.1. The van der Waals surface area contributed by atoms with E-state index in [-0.39, 0.29) is 5.91 Å². The number of hydrogen-bond acceptors (Lipinski definition) is 5. The molecule has 0 N–H and O–H groups in total. The Morgan fingerprint density at radius 3 is 2.35 bits per heavy atom. The van der Waals surface area contributed by atoms with Crippen LogP contribution in [0.5, 0.6) is 11.5 Å². The van der Waals surface area contributed by atoms with Crippen LogP contribution in [-0.4, -0.2) is 81.1 Å². The lowest BCUT2D eigenvalue weighted by atomic mass is 10.1. The number of amides is 1. The molecule has 1 amide bonds. The van der Waals surface area contributed by atoms with Crippen molar-refractivity contribution in [2.24, 2.45) is 0 Å². The van der Waals surface area contributed by atoms with Crippen molar-refractivity contribution in [3.05, 3.63) is 65.7 Å². The number of nitrogens with zero attached hydrogens (tertiary/aromatic N) is 3. The molecule has 1 heterocycles. The third-order valence-corrected chi connectivity index (χ3v) is 5.62. The maximum Gasteiger partial charge on any atom is 0.236 e. The van der Waals surface area contributed by atoms with Crippen molar-refractivity contribution >= 4 is 12.0 Å². The van der Waals surface area contributed by atoms with Crippen molar-refractivity contribution in [2.75, 3.05) is 60.5 Å². The second kappa shape index (κ2) is 11.5. The lowest BCUT2D eigenvalue weighted by Crippen LogP contribution is -2.49. The summed E-state index contributed by atoms with van der Waals surface area (Å²) in [6.45, 7) is 5.62. The number of rotatable bonds is 9. The van der Waals surface area contributed by atoms with E-state index in [1.807, 2.05) is 31.3 Å². The Morgan fingerprint density at radius 1 is 0.968 bits per heavy atom. The van der Waals surface area contributed by atoms with Crippen LogP contribution in [0.2, 0.25) is 0 Å². The van der Waals surface area contributed by atoms with Gasteiger partial charge in [0.2, 0.25) is 5.91 Å². The molecule has 0 spiro atoms. The number of ether oxygens (including phenoxy) is 2. The first kappa shape index (κ1) is 22.8. The van der Waals surface area contributed by atoms with E-state index in [0.29, 0.717) is 24.6 Å². The van der Waals surface area contributed by atoms with Crippen molar-refractivity contribution < 1.29 is 14.3 Å². The van der Waals surface area contributed by atoms with Gasteiger partial charge in [0, 0.05) is 51.9 Å². The van der Waals surface area contributed by atoms with E-state index in [9.17, 15) is 4.79 Å². The summed E-state index contributed by atoms with van der Waals surface area (Å²) >= 11 is 0. The Hall–Kier alpha value is -2.83.